The summed E-state index contributed by atoms with van der Waals surface area (Å²) < 4.78 is 5.23. The van der Waals surface area contributed by atoms with Crippen molar-refractivity contribution in [2.24, 2.45) is 11.8 Å². The highest BCUT2D eigenvalue weighted by Crippen LogP contribution is 2.30. The third kappa shape index (κ3) is 3.65. The molecule has 1 fully saturated rings. The zero-order valence-corrected chi connectivity index (χ0v) is 8.83. The van der Waals surface area contributed by atoms with E-state index in [1.807, 2.05) is 6.92 Å². The molecule has 2 heteroatoms. The highest BCUT2D eigenvalue weighted by molar-refractivity contribution is 4.76. The maximum absolute atomic E-state index is 9.80. The first kappa shape index (κ1) is 11.0. The van der Waals surface area contributed by atoms with Crippen LogP contribution in [0.1, 0.15) is 39.5 Å². The molecule has 1 rings (SSSR count). The normalized spacial score (nSPS) is 31.6. The number of hydrogen-bond donors (Lipinski definition) is 1. The SMILES string of the molecule is CCOCC(O)C1CCCC(C)C1. The van der Waals surface area contributed by atoms with Crippen molar-refractivity contribution in [2.45, 2.75) is 45.6 Å². The maximum Gasteiger partial charge on any atom is 0.0801 e. The molecule has 0 aromatic heterocycles. The molecule has 0 radical (unpaired) electrons. The van der Waals surface area contributed by atoms with Gasteiger partial charge in [0.15, 0.2) is 0 Å². The molecule has 1 N–H and O–H groups in total. The molecule has 0 bridgehead atoms. The maximum atomic E-state index is 9.80. The molecular weight excluding hydrogens is 164 g/mol. The van der Waals surface area contributed by atoms with E-state index < -0.39 is 0 Å². The second-order valence-electron chi connectivity index (χ2n) is 4.26. The molecule has 0 spiro atoms. The van der Waals surface area contributed by atoms with Crippen LogP contribution in [-0.2, 0) is 4.74 Å². The molecule has 0 aromatic carbocycles. The van der Waals surface area contributed by atoms with Gasteiger partial charge in [0.25, 0.3) is 0 Å². The molecule has 0 saturated heterocycles. The molecule has 1 aliphatic rings. The smallest absolute Gasteiger partial charge is 0.0801 e. The Bertz CT molecular complexity index is 136. The van der Waals surface area contributed by atoms with Gasteiger partial charge in [-0.05, 0) is 31.6 Å². The number of ether oxygens (including phenoxy) is 1. The minimum Gasteiger partial charge on any atom is -0.390 e. The summed E-state index contributed by atoms with van der Waals surface area (Å²) in [5, 5.41) is 9.80. The fraction of sp³-hybridized carbons (Fsp3) is 1.00. The topological polar surface area (TPSA) is 29.5 Å². The van der Waals surface area contributed by atoms with E-state index in [4.69, 9.17) is 4.74 Å². The highest BCUT2D eigenvalue weighted by Gasteiger charge is 2.24. The summed E-state index contributed by atoms with van der Waals surface area (Å²) in [5.74, 6) is 1.27. The minimum absolute atomic E-state index is 0.234. The number of aliphatic hydroxyl groups excluding tert-OH is 1. The molecular formula is C11H22O2. The van der Waals surface area contributed by atoms with Crippen LogP contribution < -0.4 is 0 Å². The summed E-state index contributed by atoms with van der Waals surface area (Å²) in [4.78, 5) is 0. The molecule has 3 unspecified atom stereocenters. The van der Waals surface area contributed by atoms with Crippen molar-refractivity contribution < 1.29 is 9.84 Å². The van der Waals surface area contributed by atoms with Crippen LogP contribution in [0.3, 0.4) is 0 Å². The summed E-state index contributed by atoms with van der Waals surface area (Å²) >= 11 is 0. The molecule has 0 aromatic rings. The first-order valence-electron chi connectivity index (χ1n) is 5.49. The Morgan fingerprint density at radius 3 is 2.85 bits per heavy atom. The van der Waals surface area contributed by atoms with Gasteiger partial charge in [0, 0.05) is 6.61 Å². The quantitative estimate of drug-likeness (QED) is 0.729. The molecule has 13 heavy (non-hydrogen) atoms. The minimum atomic E-state index is -0.234. The van der Waals surface area contributed by atoms with E-state index in [0.29, 0.717) is 19.1 Å². The number of rotatable bonds is 4. The van der Waals surface area contributed by atoms with Gasteiger partial charge in [0.1, 0.15) is 0 Å². The summed E-state index contributed by atoms with van der Waals surface area (Å²) in [6.07, 6.45) is 4.72. The molecule has 78 valence electrons. The Hall–Kier alpha value is -0.0800. The van der Waals surface area contributed by atoms with E-state index in [1.165, 1.54) is 25.7 Å². The molecule has 1 saturated carbocycles. The van der Waals surface area contributed by atoms with Crippen LogP contribution in [0.5, 0.6) is 0 Å². The average Bonchev–Trinajstić information content (AvgIpc) is 2.14. The lowest BCUT2D eigenvalue weighted by molar-refractivity contribution is -0.00654. The third-order valence-corrected chi connectivity index (χ3v) is 3.01. The molecule has 3 atom stereocenters. The first-order chi connectivity index (χ1) is 6.24. The highest BCUT2D eigenvalue weighted by atomic mass is 16.5. The van der Waals surface area contributed by atoms with Gasteiger partial charge in [-0.2, -0.15) is 0 Å². The van der Waals surface area contributed by atoms with E-state index in [-0.39, 0.29) is 6.10 Å². The standard InChI is InChI=1S/C11H22O2/c1-3-13-8-11(12)10-6-4-5-9(2)7-10/h9-12H,3-8H2,1-2H3. The van der Waals surface area contributed by atoms with Gasteiger partial charge in [-0.25, -0.2) is 0 Å². The predicted octanol–water partition coefficient (Wildman–Crippen LogP) is 2.21. The van der Waals surface area contributed by atoms with Gasteiger partial charge >= 0.3 is 0 Å². The van der Waals surface area contributed by atoms with Crippen LogP contribution in [-0.4, -0.2) is 24.4 Å². The Balaban J connectivity index is 2.24. The van der Waals surface area contributed by atoms with E-state index in [2.05, 4.69) is 6.92 Å². The van der Waals surface area contributed by atoms with Crippen molar-refractivity contribution in [3.05, 3.63) is 0 Å². The lowest BCUT2D eigenvalue weighted by atomic mass is 9.80. The third-order valence-electron chi connectivity index (χ3n) is 3.01. The van der Waals surface area contributed by atoms with Gasteiger partial charge in [-0.15, -0.1) is 0 Å². The Morgan fingerprint density at radius 1 is 1.46 bits per heavy atom. The molecule has 0 aliphatic heterocycles. The van der Waals surface area contributed by atoms with Crippen molar-refractivity contribution in [1.29, 1.82) is 0 Å². The lowest BCUT2D eigenvalue weighted by Crippen LogP contribution is -2.29. The van der Waals surface area contributed by atoms with Crippen molar-refractivity contribution in [3.8, 4) is 0 Å². The summed E-state index contributed by atoms with van der Waals surface area (Å²) in [5.41, 5.74) is 0. The van der Waals surface area contributed by atoms with Crippen molar-refractivity contribution in [2.75, 3.05) is 13.2 Å². The Morgan fingerprint density at radius 2 is 2.23 bits per heavy atom. The summed E-state index contributed by atoms with van der Waals surface area (Å²) in [7, 11) is 0. The zero-order chi connectivity index (χ0) is 9.68. The van der Waals surface area contributed by atoms with Crippen LogP contribution in [0.15, 0.2) is 0 Å². The van der Waals surface area contributed by atoms with Crippen LogP contribution >= 0.6 is 0 Å². The number of hydrogen-bond acceptors (Lipinski definition) is 2. The molecule has 0 heterocycles. The van der Waals surface area contributed by atoms with E-state index >= 15 is 0 Å². The molecule has 2 nitrogen and oxygen atoms in total. The van der Waals surface area contributed by atoms with E-state index in [9.17, 15) is 5.11 Å². The van der Waals surface area contributed by atoms with Crippen molar-refractivity contribution >= 4 is 0 Å². The Labute approximate surface area is 81.3 Å². The van der Waals surface area contributed by atoms with Crippen LogP contribution in [0.2, 0.25) is 0 Å². The summed E-state index contributed by atoms with van der Waals surface area (Å²) in [6.45, 7) is 5.48. The van der Waals surface area contributed by atoms with Crippen LogP contribution in [0.4, 0.5) is 0 Å². The van der Waals surface area contributed by atoms with Gasteiger partial charge in [0.2, 0.25) is 0 Å². The average molecular weight is 186 g/mol. The van der Waals surface area contributed by atoms with Gasteiger partial charge in [-0.1, -0.05) is 19.8 Å². The second-order valence-corrected chi connectivity index (χ2v) is 4.26. The fourth-order valence-electron chi connectivity index (χ4n) is 2.21. The van der Waals surface area contributed by atoms with Crippen LogP contribution in [0, 0.1) is 11.8 Å². The van der Waals surface area contributed by atoms with Gasteiger partial charge < -0.3 is 9.84 Å². The zero-order valence-electron chi connectivity index (χ0n) is 8.83. The first-order valence-corrected chi connectivity index (χ1v) is 5.49. The fourth-order valence-corrected chi connectivity index (χ4v) is 2.21. The Kier molecular flexibility index (Phi) is 4.74. The molecule has 1 aliphatic carbocycles. The van der Waals surface area contributed by atoms with E-state index in [0.717, 1.165) is 5.92 Å². The van der Waals surface area contributed by atoms with Gasteiger partial charge in [-0.3, -0.25) is 0 Å². The lowest BCUT2D eigenvalue weighted by Gasteiger charge is -2.30. The molecule has 0 amide bonds. The van der Waals surface area contributed by atoms with Crippen molar-refractivity contribution in [3.63, 3.8) is 0 Å². The van der Waals surface area contributed by atoms with Gasteiger partial charge in [0.05, 0.1) is 12.7 Å². The monoisotopic (exact) mass is 186 g/mol. The van der Waals surface area contributed by atoms with Crippen LogP contribution in [0.25, 0.3) is 0 Å². The second kappa shape index (κ2) is 5.61. The predicted molar refractivity (Wildman–Crippen MR) is 53.6 cm³/mol. The largest absolute Gasteiger partial charge is 0.390 e. The van der Waals surface area contributed by atoms with Crippen molar-refractivity contribution in [1.82, 2.24) is 0 Å². The number of aliphatic hydroxyl groups is 1. The summed E-state index contributed by atoms with van der Waals surface area (Å²) in [6, 6.07) is 0. The van der Waals surface area contributed by atoms with E-state index in [1.54, 1.807) is 0 Å².